The molecule has 1 unspecified atom stereocenters. The summed E-state index contributed by atoms with van der Waals surface area (Å²) in [5, 5.41) is 13.6. The molecule has 0 aliphatic heterocycles. The van der Waals surface area contributed by atoms with E-state index in [1.54, 1.807) is 7.05 Å². The van der Waals surface area contributed by atoms with Gasteiger partial charge in [-0.15, -0.1) is 0 Å². The number of benzene rings is 1. The topological polar surface area (TPSA) is 38.0 Å². The van der Waals surface area contributed by atoms with Crippen LogP contribution in [0.5, 0.6) is 0 Å². The van der Waals surface area contributed by atoms with Crippen molar-refractivity contribution < 1.29 is 18.3 Å². The lowest BCUT2D eigenvalue weighted by atomic mass is 10.0. The molecule has 1 N–H and O–H groups in total. The van der Waals surface area contributed by atoms with Crippen LogP contribution < -0.4 is 0 Å². The van der Waals surface area contributed by atoms with Gasteiger partial charge >= 0.3 is 0 Å². The largest absolute Gasteiger partial charge is 0.383 e. The summed E-state index contributed by atoms with van der Waals surface area (Å²) in [7, 11) is 1.62. The van der Waals surface area contributed by atoms with Gasteiger partial charge in [-0.1, -0.05) is 0 Å². The van der Waals surface area contributed by atoms with Crippen molar-refractivity contribution in [3.8, 4) is 0 Å². The van der Waals surface area contributed by atoms with E-state index >= 15 is 0 Å². The first kappa shape index (κ1) is 11.7. The van der Waals surface area contributed by atoms with E-state index in [0.717, 1.165) is 0 Å². The first-order chi connectivity index (χ1) is 7.99. The summed E-state index contributed by atoms with van der Waals surface area (Å²) in [5.74, 6) is -3.49. The molecule has 0 radical (unpaired) electrons. The van der Waals surface area contributed by atoms with E-state index in [2.05, 4.69) is 5.10 Å². The number of hydrogen-bond donors (Lipinski definition) is 1. The van der Waals surface area contributed by atoms with Crippen LogP contribution in [0.15, 0.2) is 24.5 Å². The molecule has 1 heterocycles. The highest BCUT2D eigenvalue weighted by Gasteiger charge is 2.19. The van der Waals surface area contributed by atoms with Gasteiger partial charge in [-0.25, -0.2) is 13.2 Å². The zero-order valence-corrected chi connectivity index (χ0v) is 8.86. The molecule has 0 fully saturated rings. The molecule has 2 aromatic rings. The summed E-state index contributed by atoms with van der Waals surface area (Å²) in [6.07, 6.45) is 1.41. The molecular formula is C11H9F3N2O. The van der Waals surface area contributed by atoms with Crippen molar-refractivity contribution in [1.29, 1.82) is 0 Å². The summed E-state index contributed by atoms with van der Waals surface area (Å²) in [4.78, 5) is 0. The fourth-order valence-electron chi connectivity index (χ4n) is 1.51. The molecule has 1 aromatic heterocycles. The maximum Gasteiger partial charge on any atom is 0.161 e. The highest BCUT2D eigenvalue weighted by molar-refractivity contribution is 5.29. The molecule has 6 heteroatoms. The zero-order chi connectivity index (χ0) is 12.6. The number of aromatic nitrogens is 2. The van der Waals surface area contributed by atoms with E-state index in [9.17, 15) is 18.3 Å². The van der Waals surface area contributed by atoms with Crippen LogP contribution >= 0.6 is 0 Å². The molecule has 0 saturated carbocycles. The Balaban J connectivity index is 2.43. The predicted octanol–water partition coefficient (Wildman–Crippen LogP) is 1.92. The molecule has 0 spiro atoms. The molecule has 0 amide bonds. The van der Waals surface area contributed by atoms with Crippen LogP contribution in [0.25, 0.3) is 0 Å². The quantitative estimate of drug-likeness (QED) is 0.817. The molecule has 1 atom stereocenters. The summed E-state index contributed by atoms with van der Waals surface area (Å²) in [6, 6.07) is 1.05. The monoisotopic (exact) mass is 242 g/mol. The standard InChI is InChI=1S/C11H9F3N2O/c1-16-5-6(4-15-16)11(17)7-2-9(13)10(14)3-8(7)12/h2-5,11,17H,1H3. The minimum absolute atomic E-state index is 0.303. The van der Waals surface area contributed by atoms with Gasteiger partial charge < -0.3 is 5.11 Å². The predicted molar refractivity (Wildman–Crippen MR) is 53.6 cm³/mol. The molecule has 0 bridgehead atoms. The van der Waals surface area contributed by atoms with Crippen LogP contribution in [0.1, 0.15) is 17.2 Å². The Hall–Kier alpha value is -1.82. The van der Waals surface area contributed by atoms with Gasteiger partial charge in [0.15, 0.2) is 11.6 Å². The van der Waals surface area contributed by atoms with E-state index in [1.165, 1.54) is 17.1 Å². The second-order valence-corrected chi connectivity index (χ2v) is 3.64. The smallest absolute Gasteiger partial charge is 0.161 e. The maximum absolute atomic E-state index is 13.4. The normalized spacial score (nSPS) is 12.8. The van der Waals surface area contributed by atoms with Crippen molar-refractivity contribution in [2.75, 3.05) is 0 Å². The number of hydrogen-bond acceptors (Lipinski definition) is 2. The lowest BCUT2D eigenvalue weighted by Gasteiger charge is -2.10. The molecule has 17 heavy (non-hydrogen) atoms. The minimum Gasteiger partial charge on any atom is -0.383 e. The van der Waals surface area contributed by atoms with Gasteiger partial charge in [0.2, 0.25) is 0 Å². The average Bonchev–Trinajstić information content (AvgIpc) is 2.69. The van der Waals surface area contributed by atoms with E-state index in [-0.39, 0.29) is 5.56 Å². The molecule has 1 aromatic carbocycles. The van der Waals surface area contributed by atoms with Gasteiger partial charge in [-0.05, 0) is 6.07 Å². The SMILES string of the molecule is Cn1cc(C(O)c2cc(F)c(F)cc2F)cn1. The van der Waals surface area contributed by atoms with E-state index in [4.69, 9.17) is 0 Å². The fourth-order valence-corrected chi connectivity index (χ4v) is 1.51. The Kier molecular flexibility index (Phi) is 2.89. The van der Waals surface area contributed by atoms with Gasteiger partial charge in [-0.2, -0.15) is 5.10 Å². The molecule has 0 aliphatic rings. The highest BCUT2D eigenvalue weighted by atomic mass is 19.2. The molecule has 2 rings (SSSR count). The first-order valence-electron chi connectivity index (χ1n) is 4.80. The zero-order valence-electron chi connectivity index (χ0n) is 8.86. The first-order valence-corrected chi connectivity index (χ1v) is 4.80. The van der Waals surface area contributed by atoms with Crippen LogP contribution in [0.3, 0.4) is 0 Å². The third-order valence-corrected chi connectivity index (χ3v) is 2.37. The van der Waals surface area contributed by atoms with Gasteiger partial charge in [0, 0.05) is 30.4 Å². The molecule has 3 nitrogen and oxygen atoms in total. The Morgan fingerprint density at radius 2 is 1.82 bits per heavy atom. The lowest BCUT2D eigenvalue weighted by Crippen LogP contribution is -2.04. The Labute approximate surface area is 95.1 Å². The van der Waals surface area contributed by atoms with Crippen LogP contribution in [-0.2, 0) is 7.05 Å². The van der Waals surface area contributed by atoms with E-state index in [1.807, 2.05) is 0 Å². The summed E-state index contributed by atoms with van der Waals surface area (Å²) in [6.45, 7) is 0. The fraction of sp³-hybridized carbons (Fsp3) is 0.182. The van der Waals surface area contributed by atoms with Crippen molar-refractivity contribution >= 4 is 0 Å². The number of rotatable bonds is 2. The van der Waals surface area contributed by atoms with E-state index in [0.29, 0.717) is 17.7 Å². The Morgan fingerprint density at radius 3 is 2.41 bits per heavy atom. The number of nitrogens with zero attached hydrogens (tertiary/aromatic N) is 2. The van der Waals surface area contributed by atoms with Crippen LogP contribution in [0, 0.1) is 17.5 Å². The Morgan fingerprint density at radius 1 is 1.18 bits per heavy atom. The minimum atomic E-state index is -1.38. The Bertz CT molecular complexity index is 554. The van der Waals surface area contributed by atoms with Crippen molar-refractivity contribution in [1.82, 2.24) is 9.78 Å². The average molecular weight is 242 g/mol. The third-order valence-electron chi connectivity index (χ3n) is 2.37. The van der Waals surface area contributed by atoms with Crippen LogP contribution in [0.2, 0.25) is 0 Å². The summed E-state index contributed by atoms with van der Waals surface area (Å²) in [5.41, 5.74) is -0.0192. The summed E-state index contributed by atoms with van der Waals surface area (Å²) < 4.78 is 40.5. The van der Waals surface area contributed by atoms with Crippen molar-refractivity contribution in [3.63, 3.8) is 0 Å². The number of aryl methyl sites for hydroxylation is 1. The van der Waals surface area contributed by atoms with E-state index < -0.39 is 23.6 Å². The second-order valence-electron chi connectivity index (χ2n) is 3.64. The number of halogens is 3. The van der Waals surface area contributed by atoms with Crippen LogP contribution in [0.4, 0.5) is 13.2 Å². The number of aliphatic hydroxyl groups excluding tert-OH is 1. The second kappa shape index (κ2) is 4.21. The summed E-state index contributed by atoms with van der Waals surface area (Å²) >= 11 is 0. The van der Waals surface area contributed by atoms with Gasteiger partial charge in [-0.3, -0.25) is 4.68 Å². The van der Waals surface area contributed by atoms with Gasteiger partial charge in [0.1, 0.15) is 11.9 Å². The molecule has 0 saturated heterocycles. The van der Waals surface area contributed by atoms with Crippen LogP contribution in [-0.4, -0.2) is 14.9 Å². The maximum atomic E-state index is 13.4. The highest BCUT2D eigenvalue weighted by Crippen LogP contribution is 2.25. The third kappa shape index (κ3) is 2.16. The number of aliphatic hydroxyl groups is 1. The van der Waals surface area contributed by atoms with Crippen molar-refractivity contribution in [2.45, 2.75) is 6.10 Å². The van der Waals surface area contributed by atoms with Gasteiger partial charge in [0.05, 0.1) is 6.20 Å². The molecule has 0 aliphatic carbocycles. The van der Waals surface area contributed by atoms with Gasteiger partial charge in [0.25, 0.3) is 0 Å². The molecular weight excluding hydrogens is 233 g/mol. The van der Waals surface area contributed by atoms with Crippen molar-refractivity contribution in [3.05, 3.63) is 53.1 Å². The van der Waals surface area contributed by atoms with Crippen molar-refractivity contribution in [2.24, 2.45) is 7.05 Å². The molecule has 90 valence electrons. The lowest BCUT2D eigenvalue weighted by molar-refractivity contribution is 0.213.